The first-order chi connectivity index (χ1) is 8.97. The highest BCUT2D eigenvalue weighted by molar-refractivity contribution is 4.88. The monoisotopic (exact) mass is 267 g/mol. The third kappa shape index (κ3) is 7.34. The number of rotatable bonds is 9. The first kappa shape index (κ1) is 17.0. The van der Waals surface area contributed by atoms with Crippen LogP contribution < -0.4 is 5.32 Å². The highest BCUT2D eigenvalue weighted by Gasteiger charge is 2.33. The molecule has 0 atom stereocenters. The zero-order chi connectivity index (χ0) is 14.2. The van der Waals surface area contributed by atoms with E-state index in [0.717, 1.165) is 0 Å². The second-order valence-electron chi connectivity index (χ2n) is 7.83. The predicted molar refractivity (Wildman–Crippen MR) is 86.6 cm³/mol. The molecule has 1 saturated carbocycles. The van der Waals surface area contributed by atoms with Crippen molar-refractivity contribution < 1.29 is 0 Å². The molecule has 0 saturated heterocycles. The van der Waals surface area contributed by atoms with Crippen LogP contribution in [0.2, 0.25) is 0 Å². The second-order valence-corrected chi connectivity index (χ2v) is 7.83. The van der Waals surface area contributed by atoms with Crippen LogP contribution in [-0.4, -0.2) is 12.1 Å². The van der Waals surface area contributed by atoms with Gasteiger partial charge in [-0.1, -0.05) is 58.3 Å². The fraction of sp³-hybridized carbons (Fsp3) is 1.00. The van der Waals surface area contributed by atoms with Gasteiger partial charge < -0.3 is 5.32 Å². The maximum atomic E-state index is 3.77. The van der Waals surface area contributed by atoms with Gasteiger partial charge >= 0.3 is 0 Å². The standard InChI is InChI=1S/C18H37N/c1-5-6-7-8-9-10-13-18(14-11-12-15-18)16-19-17(2,3)4/h19H,5-16H2,1-4H3. The molecular weight excluding hydrogens is 230 g/mol. The second kappa shape index (κ2) is 8.29. The Balaban J connectivity index is 2.24. The zero-order valence-corrected chi connectivity index (χ0v) is 14.0. The van der Waals surface area contributed by atoms with Crippen molar-refractivity contribution in [1.29, 1.82) is 0 Å². The smallest absolute Gasteiger partial charge is 0.00967 e. The van der Waals surface area contributed by atoms with Crippen molar-refractivity contribution in [1.82, 2.24) is 5.32 Å². The van der Waals surface area contributed by atoms with Gasteiger partial charge in [-0.05, 0) is 45.4 Å². The Bertz CT molecular complexity index is 220. The van der Waals surface area contributed by atoms with Gasteiger partial charge in [0.15, 0.2) is 0 Å². The molecule has 1 fully saturated rings. The topological polar surface area (TPSA) is 12.0 Å². The van der Waals surface area contributed by atoms with Crippen molar-refractivity contribution in [3.8, 4) is 0 Å². The van der Waals surface area contributed by atoms with E-state index in [4.69, 9.17) is 0 Å². The van der Waals surface area contributed by atoms with Gasteiger partial charge in [-0.25, -0.2) is 0 Å². The van der Waals surface area contributed by atoms with Gasteiger partial charge in [-0.15, -0.1) is 0 Å². The lowest BCUT2D eigenvalue weighted by molar-refractivity contribution is 0.222. The van der Waals surface area contributed by atoms with E-state index in [-0.39, 0.29) is 5.54 Å². The first-order valence-corrected chi connectivity index (χ1v) is 8.72. The Morgan fingerprint density at radius 1 is 0.895 bits per heavy atom. The fourth-order valence-corrected chi connectivity index (χ4v) is 3.37. The third-order valence-electron chi connectivity index (χ3n) is 4.72. The molecule has 0 aromatic heterocycles. The van der Waals surface area contributed by atoms with Crippen molar-refractivity contribution in [3.63, 3.8) is 0 Å². The molecule has 0 aromatic rings. The summed E-state index contributed by atoms with van der Waals surface area (Å²) in [5.41, 5.74) is 0.911. The van der Waals surface area contributed by atoms with Crippen molar-refractivity contribution in [2.45, 2.75) is 104 Å². The van der Waals surface area contributed by atoms with Crippen molar-refractivity contribution >= 4 is 0 Å². The maximum Gasteiger partial charge on any atom is 0.00967 e. The van der Waals surface area contributed by atoms with Gasteiger partial charge in [0.1, 0.15) is 0 Å². The molecule has 0 spiro atoms. The molecule has 1 heteroatoms. The Morgan fingerprint density at radius 3 is 2.05 bits per heavy atom. The van der Waals surface area contributed by atoms with Gasteiger partial charge in [-0.2, -0.15) is 0 Å². The van der Waals surface area contributed by atoms with Crippen molar-refractivity contribution in [2.75, 3.05) is 6.54 Å². The summed E-state index contributed by atoms with van der Waals surface area (Å²) < 4.78 is 0. The number of hydrogen-bond acceptors (Lipinski definition) is 1. The molecule has 1 N–H and O–H groups in total. The van der Waals surface area contributed by atoms with Crippen molar-refractivity contribution in [2.24, 2.45) is 5.41 Å². The first-order valence-electron chi connectivity index (χ1n) is 8.72. The van der Waals surface area contributed by atoms with Gasteiger partial charge in [0.2, 0.25) is 0 Å². The molecule has 1 rings (SSSR count). The van der Waals surface area contributed by atoms with Crippen LogP contribution >= 0.6 is 0 Å². The quantitative estimate of drug-likeness (QED) is 0.529. The molecule has 1 nitrogen and oxygen atoms in total. The van der Waals surface area contributed by atoms with Crippen molar-refractivity contribution in [3.05, 3.63) is 0 Å². The van der Waals surface area contributed by atoms with E-state index in [2.05, 4.69) is 33.0 Å². The fourth-order valence-electron chi connectivity index (χ4n) is 3.37. The number of unbranched alkanes of at least 4 members (excludes halogenated alkanes) is 5. The van der Waals surface area contributed by atoms with Crippen LogP contribution in [0.1, 0.15) is 98.3 Å². The molecule has 0 amide bonds. The highest BCUT2D eigenvalue weighted by atomic mass is 15.0. The lowest BCUT2D eigenvalue weighted by atomic mass is 9.80. The van der Waals surface area contributed by atoms with E-state index in [1.807, 2.05) is 0 Å². The van der Waals surface area contributed by atoms with E-state index >= 15 is 0 Å². The average Bonchev–Trinajstić information content (AvgIpc) is 2.80. The summed E-state index contributed by atoms with van der Waals surface area (Å²) in [7, 11) is 0. The number of nitrogens with one attached hydrogen (secondary N) is 1. The summed E-state index contributed by atoms with van der Waals surface area (Å²) in [6, 6.07) is 0. The Morgan fingerprint density at radius 2 is 1.47 bits per heavy atom. The minimum atomic E-state index is 0.275. The maximum absolute atomic E-state index is 3.77. The van der Waals surface area contributed by atoms with E-state index in [0.29, 0.717) is 5.41 Å². The van der Waals surface area contributed by atoms with Gasteiger partial charge in [0.25, 0.3) is 0 Å². The average molecular weight is 268 g/mol. The number of hydrogen-bond donors (Lipinski definition) is 1. The van der Waals surface area contributed by atoms with Gasteiger partial charge in [0.05, 0.1) is 0 Å². The molecular formula is C18H37N. The minimum Gasteiger partial charge on any atom is -0.312 e. The van der Waals surface area contributed by atoms with E-state index in [1.54, 1.807) is 0 Å². The summed E-state index contributed by atoms with van der Waals surface area (Å²) in [6.45, 7) is 10.4. The van der Waals surface area contributed by atoms with Gasteiger partial charge in [-0.3, -0.25) is 0 Å². The lowest BCUT2D eigenvalue weighted by Crippen LogP contribution is -2.43. The van der Waals surface area contributed by atoms with Crippen LogP contribution in [-0.2, 0) is 0 Å². The van der Waals surface area contributed by atoms with Crippen LogP contribution in [0.15, 0.2) is 0 Å². The summed E-state index contributed by atoms with van der Waals surface area (Å²) in [5.74, 6) is 0. The summed E-state index contributed by atoms with van der Waals surface area (Å²) in [5, 5.41) is 3.77. The molecule has 1 aliphatic carbocycles. The molecule has 19 heavy (non-hydrogen) atoms. The summed E-state index contributed by atoms with van der Waals surface area (Å²) in [6.07, 6.45) is 15.9. The van der Waals surface area contributed by atoms with Crippen LogP contribution in [0.5, 0.6) is 0 Å². The van der Waals surface area contributed by atoms with E-state index in [1.165, 1.54) is 77.2 Å². The molecule has 0 bridgehead atoms. The third-order valence-corrected chi connectivity index (χ3v) is 4.72. The normalized spacial score (nSPS) is 18.9. The molecule has 0 unspecified atom stereocenters. The molecule has 0 heterocycles. The molecule has 114 valence electrons. The minimum absolute atomic E-state index is 0.275. The largest absolute Gasteiger partial charge is 0.312 e. The van der Waals surface area contributed by atoms with Gasteiger partial charge in [0, 0.05) is 12.1 Å². The summed E-state index contributed by atoms with van der Waals surface area (Å²) in [4.78, 5) is 0. The van der Waals surface area contributed by atoms with Crippen LogP contribution in [0.3, 0.4) is 0 Å². The van der Waals surface area contributed by atoms with Crippen LogP contribution in [0.4, 0.5) is 0 Å². The Hall–Kier alpha value is -0.0400. The van der Waals surface area contributed by atoms with E-state index < -0.39 is 0 Å². The highest BCUT2D eigenvalue weighted by Crippen LogP contribution is 2.42. The Labute approximate surface area is 121 Å². The lowest BCUT2D eigenvalue weighted by Gasteiger charge is -2.33. The Kier molecular flexibility index (Phi) is 7.42. The molecule has 0 radical (unpaired) electrons. The van der Waals surface area contributed by atoms with Crippen LogP contribution in [0, 0.1) is 5.41 Å². The molecule has 1 aliphatic rings. The predicted octanol–water partition coefficient (Wildman–Crippen LogP) is 5.69. The van der Waals surface area contributed by atoms with E-state index in [9.17, 15) is 0 Å². The molecule has 0 aliphatic heterocycles. The SMILES string of the molecule is CCCCCCCCC1(CNC(C)(C)C)CCCC1. The molecule has 0 aromatic carbocycles. The van der Waals surface area contributed by atoms with Crippen LogP contribution in [0.25, 0.3) is 0 Å². The zero-order valence-electron chi connectivity index (χ0n) is 14.0. The summed E-state index contributed by atoms with van der Waals surface area (Å²) >= 11 is 0.